The standard InChI is InChI=1S/C14H13BrFNO3/c1-9(14(18)17-8-11-3-2-6-19-11)20-13-7-10(16)4-5-12(13)15/h2-7,9H,8H2,1H3,(H,17,18). The van der Waals surface area contributed by atoms with E-state index in [1.807, 2.05) is 0 Å². The Bertz CT molecular complexity index is 586. The van der Waals surface area contributed by atoms with Crippen molar-refractivity contribution in [1.82, 2.24) is 5.32 Å². The Morgan fingerprint density at radius 3 is 3.00 bits per heavy atom. The molecule has 1 N–H and O–H groups in total. The SMILES string of the molecule is CC(Oc1cc(F)ccc1Br)C(=O)NCc1ccco1. The number of benzene rings is 1. The van der Waals surface area contributed by atoms with Gasteiger partial charge in [-0.05, 0) is 47.1 Å². The maximum Gasteiger partial charge on any atom is 0.261 e. The highest BCUT2D eigenvalue weighted by Gasteiger charge is 2.16. The molecular formula is C14H13BrFNO3. The van der Waals surface area contributed by atoms with Crippen LogP contribution in [0.25, 0.3) is 0 Å². The van der Waals surface area contributed by atoms with Gasteiger partial charge in [-0.1, -0.05) is 0 Å². The molecule has 2 aromatic rings. The second-order valence-electron chi connectivity index (χ2n) is 4.13. The Hall–Kier alpha value is -1.82. The van der Waals surface area contributed by atoms with E-state index in [4.69, 9.17) is 9.15 Å². The summed E-state index contributed by atoms with van der Waals surface area (Å²) >= 11 is 3.24. The minimum absolute atomic E-state index is 0.282. The minimum Gasteiger partial charge on any atom is -0.480 e. The Balaban J connectivity index is 1.92. The first kappa shape index (κ1) is 14.6. The molecule has 1 aromatic heterocycles. The highest BCUT2D eigenvalue weighted by molar-refractivity contribution is 9.10. The fourth-order valence-corrected chi connectivity index (χ4v) is 1.88. The number of amides is 1. The van der Waals surface area contributed by atoms with E-state index < -0.39 is 11.9 Å². The van der Waals surface area contributed by atoms with E-state index in [2.05, 4.69) is 21.2 Å². The van der Waals surface area contributed by atoms with Crippen molar-refractivity contribution in [1.29, 1.82) is 0 Å². The van der Waals surface area contributed by atoms with Gasteiger partial charge in [-0.3, -0.25) is 4.79 Å². The molecule has 0 fully saturated rings. The number of hydrogen-bond donors (Lipinski definition) is 1. The lowest BCUT2D eigenvalue weighted by atomic mass is 10.3. The third-order valence-electron chi connectivity index (χ3n) is 2.58. The zero-order chi connectivity index (χ0) is 14.5. The zero-order valence-corrected chi connectivity index (χ0v) is 12.3. The van der Waals surface area contributed by atoms with Crippen LogP contribution < -0.4 is 10.1 Å². The topological polar surface area (TPSA) is 51.5 Å². The Kier molecular flexibility index (Phi) is 4.79. The zero-order valence-electron chi connectivity index (χ0n) is 10.7. The van der Waals surface area contributed by atoms with Crippen molar-refractivity contribution >= 4 is 21.8 Å². The molecule has 0 saturated heterocycles. The van der Waals surface area contributed by atoms with E-state index in [1.165, 1.54) is 24.5 Å². The van der Waals surface area contributed by atoms with Crippen molar-refractivity contribution in [3.05, 3.63) is 52.6 Å². The molecule has 20 heavy (non-hydrogen) atoms. The van der Waals surface area contributed by atoms with E-state index >= 15 is 0 Å². The molecule has 0 aliphatic carbocycles. The van der Waals surface area contributed by atoms with Crippen molar-refractivity contribution in [2.24, 2.45) is 0 Å². The molecule has 0 aliphatic rings. The maximum atomic E-state index is 13.1. The van der Waals surface area contributed by atoms with Gasteiger partial charge in [0, 0.05) is 6.07 Å². The van der Waals surface area contributed by atoms with E-state index in [-0.39, 0.29) is 18.2 Å². The summed E-state index contributed by atoms with van der Waals surface area (Å²) in [7, 11) is 0. The van der Waals surface area contributed by atoms with Gasteiger partial charge < -0.3 is 14.5 Å². The van der Waals surface area contributed by atoms with Crippen LogP contribution in [0.5, 0.6) is 5.75 Å². The number of furan rings is 1. The normalized spacial score (nSPS) is 11.9. The van der Waals surface area contributed by atoms with Gasteiger partial charge in [0.25, 0.3) is 5.91 Å². The van der Waals surface area contributed by atoms with Crippen LogP contribution in [0.1, 0.15) is 12.7 Å². The molecule has 1 unspecified atom stereocenters. The van der Waals surface area contributed by atoms with Crippen LogP contribution >= 0.6 is 15.9 Å². The van der Waals surface area contributed by atoms with Gasteiger partial charge in [-0.15, -0.1) is 0 Å². The van der Waals surface area contributed by atoms with E-state index in [1.54, 1.807) is 19.1 Å². The van der Waals surface area contributed by atoms with Gasteiger partial charge in [0.1, 0.15) is 17.3 Å². The second kappa shape index (κ2) is 6.56. The molecule has 1 amide bonds. The Labute approximate surface area is 124 Å². The van der Waals surface area contributed by atoms with E-state index in [0.717, 1.165) is 0 Å². The van der Waals surface area contributed by atoms with Crippen LogP contribution in [0, 0.1) is 5.82 Å². The molecule has 0 aliphatic heterocycles. The Morgan fingerprint density at radius 1 is 1.50 bits per heavy atom. The first-order valence-electron chi connectivity index (χ1n) is 5.98. The van der Waals surface area contributed by atoms with Crippen LogP contribution in [0.2, 0.25) is 0 Å². The number of halogens is 2. The van der Waals surface area contributed by atoms with Crippen molar-refractivity contribution in [2.45, 2.75) is 19.6 Å². The predicted octanol–water partition coefficient (Wildman–Crippen LogP) is 3.26. The summed E-state index contributed by atoms with van der Waals surface area (Å²) in [5.74, 6) is 0.201. The third-order valence-corrected chi connectivity index (χ3v) is 3.24. The summed E-state index contributed by atoms with van der Waals surface area (Å²) < 4.78 is 24.2. The predicted molar refractivity (Wildman–Crippen MR) is 74.7 cm³/mol. The molecule has 0 spiro atoms. The van der Waals surface area contributed by atoms with Crippen molar-refractivity contribution in [3.8, 4) is 5.75 Å². The molecule has 4 nitrogen and oxygen atoms in total. The maximum absolute atomic E-state index is 13.1. The summed E-state index contributed by atoms with van der Waals surface area (Å²) in [5.41, 5.74) is 0. The molecule has 1 heterocycles. The molecule has 0 radical (unpaired) electrons. The van der Waals surface area contributed by atoms with Gasteiger partial charge >= 0.3 is 0 Å². The molecule has 1 atom stereocenters. The lowest BCUT2D eigenvalue weighted by Crippen LogP contribution is -2.35. The molecule has 0 saturated carbocycles. The summed E-state index contributed by atoms with van der Waals surface area (Å²) in [4.78, 5) is 11.9. The van der Waals surface area contributed by atoms with Crippen molar-refractivity contribution in [3.63, 3.8) is 0 Å². The van der Waals surface area contributed by atoms with Crippen LogP contribution in [-0.4, -0.2) is 12.0 Å². The molecule has 6 heteroatoms. The average molecular weight is 342 g/mol. The molecule has 1 aromatic carbocycles. The molecule has 2 rings (SSSR count). The van der Waals surface area contributed by atoms with Gasteiger partial charge in [0.05, 0.1) is 17.3 Å². The molecular weight excluding hydrogens is 329 g/mol. The van der Waals surface area contributed by atoms with Gasteiger partial charge in [0.15, 0.2) is 6.10 Å². The lowest BCUT2D eigenvalue weighted by molar-refractivity contribution is -0.127. The monoisotopic (exact) mass is 341 g/mol. The molecule has 0 bridgehead atoms. The lowest BCUT2D eigenvalue weighted by Gasteiger charge is -2.15. The number of ether oxygens (including phenoxy) is 1. The van der Waals surface area contributed by atoms with Gasteiger partial charge in [-0.25, -0.2) is 4.39 Å². The summed E-state index contributed by atoms with van der Waals surface area (Å²) in [6.07, 6.45) is 0.786. The largest absolute Gasteiger partial charge is 0.480 e. The number of nitrogens with one attached hydrogen (secondary N) is 1. The average Bonchev–Trinajstić information content (AvgIpc) is 2.93. The fourth-order valence-electron chi connectivity index (χ4n) is 1.54. The third kappa shape index (κ3) is 3.84. The Morgan fingerprint density at radius 2 is 2.30 bits per heavy atom. The fraction of sp³-hybridized carbons (Fsp3) is 0.214. The van der Waals surface area contributed by atoms with E-state index in [0.29, 0.717) is 10.2 Å². The van der Waals surface area contributed by atoms with Crippen LogP contribution in [0.15, 0.2) is 45.5 Å². The number of hydrogen-bond acceptors (Lipinski definition) is 3. The quantitative estimate of drug-likeness (QED) is 0.907. The van der Waals surface area contributed by atoms with Crippen molar-refractivity contribution in [2.75, 3.05) is 0 Å². The van der Waals surface area contributed by atoms with Crippen molar-refractivity contribution < 1.29 is 18.3 Å². The van der Waals surface area contributed by atoms with Gasteiger partial charge in [-0.2, -0.15) is 0 Å². The van der Waals surface area contributed by atoms with E-state index in [9.17, 15) is 9.18 Å². The second-order valence-corrected chi connectivity index (χ2v) is 4.99. The first-order chi connectivity index (χ1) is 9.56. The highest BCUT2D eigenvalue weighted by atomic mass is 79.9. The van der Waals surface area contributed by atoms with Crippen LogP contribution in [0.3, 0.4) is 0 Å². The number of rotatable bonds is 5. The highest BCUT2D eigenvalue weighted by Crippen LogP contribution is 2.26. The van der Waals surface area contributed by atoms with Crippen LogP contribution in [0.4, 0.5) is 4.39 Å². The van der Waals surface area contributed by atoms with Crippen LogP contribution in [-0.2, 0) is 11.3 Å². The first-order valence-corrected chi connectivity index (χ1v) is 6.77. The molecule has 106 valence electrons. The number of carbonyl (C=O) groups is 1. The number of carbonyl (C=O) groups excluding carboxylic acids is 1. The minimum atomic E-state index is -0.747. The smallest absolute Gasteiger partial charge is 0.261 e. The summed E-state index contributed by atoms with van der Waals surface area (Å²) in [6, 6.07) is 7.55. The van der Waals surface area contributed by atoms with Gasteiger partial charge in [0.2, 0.25) is 0 Å². The summed E-state index contributed by atoms with van der Waals surface area (Å²) in [6.45, 7) is 1.87. The summed E-state index contributed by atoms with van der Waals surface area (Å²) in [5, 5.41) is 2.67.